The number of nitrogens with one attached hydrogen (secondary N) is 2. The summed E-state index contributed by atoms with van der Waals surface area (Å²) in [6.07, 6.45) is 0.669. The van der Waals surface area contributed by atoms with Crippen molar-refractivity contribution in [2.75, 3.05) is 45.2 Å². The minimum atomic E-state index is -2.61. The monoisotopic (exact) mass is 482 g/mol. The normalized spacial score (nSPS) is 26.9. The number of hydrogen-bond acceptors (Lipinski definition) is 4. The molecule has 2 aliphatic carbocycles. The summed E-state index contributed by atoms with van der Waals surface area (Å²) in [5, 5.41) is 8.50. The molecule has 3 unspecified atom stereocenters. The number of piperazine rings is 1. The van der Waals surface area contributed by atoms with Gasteiger partial charge in [-0.05, 0) is 38.6 Å². The largest absolute Gasteiger partial charge is 0.353 e. The maximum absolute atomic E-state index is 14.3. The number of carbonyl (C=O) groups excluding carboxylic acids is 1. The van der Waals surface area contributed by atoms with E-state index in [-0.39, 0.29) is 11.9 Å². The molecular weight excluding hydrogens is 450 g/mol. The van der Waals surface area contributed by atoms with Gasteiger partial charge in [0.25, 0.3) is 5.92 Å². The Morgan fingerprint density at radius 1 is 1.23 bits per heavy atom. The highest BCUT2D eigenvalue weighted by Crippen LogP contribution is 2.70. The van der Waals surface area contributed by atoms with Crippen molar-refractivity contribution in [3.63, 3.8) is 0 Å². The number of halogens is 2. The van der Waals surface area contributed by atoms with Crippen molar-refractivity contribution in [2.45, 2.75) is 38.7 Å². The topological polar surface area (TPSA) is 71.3 Å². The molecule has 2 N–H and O–H groups in total. The lowest BCUT2D eigenvalue weighted by atomic mass is 9.87. The molecule has 3 heterocycles. The van der Waals surface area contributed by atoms with Gasteiger partial charge in [-0.1, -0.05) is 13.0 Å². The highest BCUT2D eigenvalue weighted by molar-refractivity contribution is 5.98. The van der Waals surface area contributed by atoms with Crippen molar-refractivity contribution < 1.29 is 13.6 Å². The van der Waals surface area contributed by atoms with Crippen LogP contribution in [0.1, 0.15) is 25.1 Å². The lowest BCUT2D eigenvalue weighted by molar-refractivity contribution is -0.123. The number of benzene rings is 1. The number of H-pyrrole nitrogens is 2. The molecule has 3 aliphatic rings. The van der Waals surface area contributed by atoms with Crippen LogP contribution in [0.3, 0.4) is 0 Å². The maximum atomic E-state index is 14.3. The SMILES string of the molecule is CC(C(=O)N(C)c1ccc2cc(-c3n[nH]c4c3CC3C(F)(F)C3(C)C4)[nH]c2c1)N1CCN(C)CC1. The fourth-order valence-electron chi connectivity index (χ4n) is 6.05. The Hall–Kier alpha value is -2.78. The van der Waals surface area contributed by atoms with Crippen LogP contribution in [0.2, 0.25) is 0 Å². The molecule has 6 rings (SSSR count). The molecule has 1 saturated heterocycles. The maximum Gasteiger partial charge on any atom is 0.258 e. The summed E-state index contributed by atoms with van der Waals surface area (Å²) in [6.45, 7) is 7.35. The Balaban J connectivity index is 1.24. The number of anilines is 1. The lowest BCUT2D eigenvalue weighted by Crippen LogP contribution is -2.53. The molecule has 3 atom stereocenters. The van der Waals surface area contributed by atoms with E-state index >= 15 is 0 Å². The van der Waals surface area contributed by atoms with Crippen LogP contribution < -0.4 is 4.90 Å². The number of nitrogens with zero attached hydrogens (tertiary/aromatic N) is 4. The molecule has 9 heteroatoms. The van der Waals surface area contributed by atoms with Crippen LogP contribution in [0.25, 0.3) is 22.3 Å². The zero-order valence-electron chi connectivity index (χ0n) is 20.7. The van der Waals surface area contributed by atoms with Crippen molar-refractivity contribution in [1.29, 1.82) is 0 Å². The molecular formula is C26H32F2N6O. The van der Waals surface area contributed by atoms with Crippen molar-refractivity contribution in [3.05, 3.63) is 35.5 Å². The van der Waals surface area contributed by atoms with E-state index in [9.17, 15) is 13.6 Å². The van der Waals surface area contributed by atoms with Gasteiger partial charge >= 0.3 is 0 Å². The summed E-state index contributed by atoms with van der Waals surface area (Å²) >= 11 is 0. The predicted octanol–water partition coefficient (Wildman–Crippen LogP) is 3.53. The van der Waals surface area contributed by atoms with E-state index in [0.717, 1.165) is 65.4 Å². The van der Waals surface area contributed by atoms with Crippen molar-refractivity contribution >= 4 is 22.5 Å². The van der Waals surface area contributed by atoms with Crippen LogP contribution in [0.4, 0.5) is 14.5 Å². The van der Waals surface area contributed by atoms with Gasteiger partial charge < -0.3 is 14.8 Å². The van der Waals surface area contributed by atoms with Crippen molar-refractivity contribution in [2.24, 2.45) is 11.3 Å². The fraction of sp³-hybridized carbons (Fsp3) is 0.538. The summed E-state index contributed by atoms with van der Waals surface area (Å²) in [5.41, 5.74) is 3.99. The van der Waals surface area contributed by atoms with Gasteiger partial charge in [0.2, 0.25) is 5.91 Å². The number of aromatic nitrogens is 3. The molecule has 0 bridgehead atoms. The summed E-state index contributed by atoms with van der Waals surface area (Å²) in [7, 11) is 3.92. The standard InChI is InChI=1S/C26H32F2N6O/c1-15(34-9-7-32(3)8-10-34)24(35)33(4)17-6-5-16-11-20(29-19(16)12-17)23-18-13-22-25(2,26(22,27)28)14-21(18)30-31-23/h5-6,11-12,15,22,29H,7-10,13-14H2,1-4H3,(H,30,31). The number of carbonyl (C=O) groups is 1. The number of amides is 1. The van der Waals surface area contributed by atoms with E-state index in [1.54, 1.807) is 11.8 Å². The number of fused-ring (bicyclic) bond motifs is 3. The summed E-state index contributed by atoms with van der Waals surface area (Å²) < 4.78 is 28.7. The van der Waals surface area contributed by atoms with Crippen LogP contribution in [-0.4, -0.2) is 83.1 Å². The lowest BCUT2D eigenvalue weighted by Gasteiger charge is -2.37. The second-order valence-corrected chi connectivity index (χ2v) is 10.9. The molecule has 7 nitrogen and oxygen atoms in total. The second-order valence-electron chi connectivity index (χ2n) is 10.9. The van der Waals surface area contributed by atoms with Gasteiger partial charge in [-0.15, -0.1) is 0 Å². The van der Waals surface area contributed by atoms with E-state index in [4.69, 9.17) is 0 Å². The molecule has 0 spiro atoms. The molecule has 2 aromatic heterocycles. The smallest absolute Gasteiger partial charge is 0.258 e. The van der Waals surface area contributed by atoms with Gasteiger partial charge in [0.05, 0.1) is 11.7 Å². The first kappa shape index (κ1) is 22.7. The molecule has 0 radical (unpaired) electrons. The highest BCUT2D eigenvalue weighted by atomic mass is 19.3. The molecule has 186 valence electrons. The van der Waals surface area contributed by atoms with Gasteiger partial charge in [-0.2, -0.15) is 5.10 Å². The minimum absolute atomic E-state index is 0.0652. The Bertz CT molecular complexity index is 1310. The quantitative estimate of drug-likeness (QED) is 0.597. The second kappa shape index (κ2) is 7.61. The average Bonchev–Trinajstić information content (AvgIpc) is 3.24. The number of hydrogen-bond donors (Lipinski definition) is 2. The Labute approximate surface area is 203 Å². The summed E-state index contributed by atoms with van der Waals surface area (Å²) in [5.74, 6) is -3.16. The van der Waals surface area contributed by atoms with E-state index in [1.807, 2.05) is 38.2 Å². The van der Waals surface area contributed by atoms with Crippen LogP contribution in [0, 0.1) is 11.3 Å². The summed E-state index contributed by atoms with van der Waals surface area (Å²) in [4.78, 5) is 22.9. The number of aromatic amines is 2. The zero-order chi connectivity index (χ0) is 24.7. The third-order valence-electron chi connectivity index (χ3n) is 8.81. The van der Waals surface area contributed by atoms with Crippen molar-refractivity contribution in [1.82, 2.24) is 25.0 Å². The number of rotatable bonds is 4. The molecule has 1 aromatic carbocycles. The summed E-state index contributed by atoms with van der Waals surface area (Å²) in [6, 6.07) is 7.72. The van der Waals surface area contributed by atoms with E-state index < -0.39 is 17.3 Å². The molecule has 2 fully saturated rings. The van der Waals surface area contributed by atoms with Gasteiger partial charge in [0, 0.05) is 78.8 Å². The third-order valence-corrected chi connectivity index (χ3v) is 8.81. The Morgan fingerprint density at radius 3 is 2.71 bits per heavy atom. The Morgan fingerprint density at radius 2 is 1.97 bits per heavy atom. The first-order valence-electron chi connectivity index (χ1n) is 12.4. The van der Waals surface area contributed by atoms with E-state index in [2.05, 4.69) is 32.0 Å². The van der Waals surface area contributed by atoms with Gasteiger partial charge in [-0.25, -0.2) is 8.78 Å². The minimum Gasteiger partial charge on any atom is -0.353 e. The molecule has 1 amide bonds. The van der Waals surface area contributed by atoms with Crippen molar-refractivity contribution in [3.8, 4) is 11.4 Å². The van der Waals surface area contributed by atoms with E-state index in [0.29, 0.717) is 12.8 Å². The van der Waals surface area contributed by atoms with Gasteiger partial charge in [0.15, 0.2) is 0 Å². The van der Waals surface area contributed by atoms with Crippen LogP contribution >= 0.6 is 0 Å². The van der Waals surface area contributed by atoms with Crippen LogP contribution in [0.5, 0.6) is 0 Å². The molecule has 3 aromatic rings. The fourth-order valence-corrected chi connectivity index (χ4v) is 6.05. The first-order chi connectivity index (χ1) is 16.6. The van der Waals surface area contributed by atoms with Gasteiger partial charge in [0.1, 0.15) is 5.69 Å². The molecule has 35 heavy (non-hydrogen) atoms. The zero-order valence-corrected chi connectivity index (χ0v) is 20.7. The van der Waals surface area contributed by atoms with E-state index in [1.165, 1.54) is 0 Å². The average molecular weight is 483 g/mol. The first-order valence-corrected chi connectivity index (χ1v) is 12.4. The highest BCUT2D eigenvalue weighted by Gasteiger charge is 2.78. The molecule has 1 saturated carbocycles. The number of likely N-dealkylation sites (N-methyl/N-ethyl adjacent to an activating group) is 2. The third kappa shape index (κ3) is 3.35. The van der Waals surface area contributed by atoms with Gasteiger partial charge in [-0.3, -0.25) is 14.8 Å². The predicted molar refractivity (Wildman–Crippen MR) is 132 cm³/mol. The van der Waals surface area contributed by atoms with Crippen LogP contribution in [0.15, 0.2) is 24.3 Å². The molecule has 1 aliphatic heterocycles. The number of alkyl halides is 2. The van der Waals surface area contributed by atoms with Crippen LogP contribution in [-0.2, 0) is 17.6 Å². The Kier molecular flexibility index (Phi) is 4.93.